The fourth-order valence-electron chi connectivity index (χ4n) is 8.38. The van der Waals surface area contributed by atoms with E-state index in [4.69, 9.17) is 11.5 Å². The summed E-state index contributed by atoms with van der Waals surface area (Å²) in [6.45, 7) is 16.1. The lowest BCUT2D eigenvalue weighted by molar-refractivity contribution is -0.143. The molecule has 2 fully saturated rings. The van der Waals surface area contributed by atoms with Crippen LogP contribution in [0.1, 0.15) is 127 Å². The minimum Gasteiger partial charge on any atom is -0.370 e. The second-order valence-electron chi connectivity index (χ2n) is 19.1. The maximum Gasteiger partial charge on any atom is 0.245 e. The second kappa shape index (κ2) is 29.9. The summed E-state index contributed by atoms with van der Waals surface area (Å²) < 4.78 is 0. The van der Waals surface area contributed by atoms with Gasteiger partial charge in [0, 0.05) is 40.2 Å². The number of carbonyl (C=O) groups excluding carboxylic acids is 10. The molecule has 0 unspecified atom stereocenters. The molecule has 11 N–H and O–H groups in total. The zero-order valence-electron chi connectivity index (χ0n) is 43.1. The molecular weight excluding hydrogens is 907 g/mol. The molecule has 23 nitrogen and oxygen atoms in total. The molecule has 8 atom stereocenters. The SMILES string of the molecule is CCC[C@H](NC(=O)[C@@H]1CCCN1C(=O)[C@@H](CC(C)C)NC(=O)[C@@H](NC(=O)CNC(=O)CN(C)C(C)=O)C(C)C)C(=O)N[C@H](C(=O)N[C@@H](CCCN=C(N)N)C(=O)N1CCC[C@H]1C(=O)NCC)[C@@H](C)CC. The van der Waals surface area contributed by atoms with Gasteiger partial charge in [0.1, 0.15) is 42.3 Å². The van der Waals surface area contributed by atoms with Crippen LogP contribution in [0.3, 0.4) is 0 Å². The fourth-order valence-corrected chi connectivity index (χ4v) is 8.38. The van der Waals surface area contributed by atoms with E-state index < -0.39 is 108 Å². The molecule has 396 valence electrons. The second-order valence-corrected chi connectivity index (χ2v) is 19.1. The number of hydrogen-bond donors (Lipinski definition) is 9. The van der Waals surface area contributed by atoms with Crippen LogP contribution < -0.4 is 48.7 Å². The van der Waals surface area contributed by atoms with Crippen LogP contribution in [0.4, 0.5) is 0 Å². The van der Waals surface area contributed by atoms with Crippen LogP contribution in [-0.2, 0) is 47.9 Å². The lowest BCUT2D eigenvalue weighted by Gasteiger charge is -2.32. The van der Waals surface area contributed by atoms with E-state index in [9.17, 15) is 47.9 Å². The number of aliphatic imine (C=N–C) groups is 1. The van der Waals surface area contributed by atoms with E-state index in [0.717, 1.165) is 0 Å². The molecule has 2 rings (SSSR count). The molecule has 10 amide bonds. The molecule has 0 aliphatic carbocycles. The standard InChI is InChI=1S/C47H83N13O10/c1-11-17-31(40(64)57-39(29(8)12-2)44(68)54-32(18-14-21-51-47(48)49)45(69)59-22-15-19-34(59)41(65)50-13-3)53-42(66)35-20-16-23-60(35)46(70)33(24-27(4)5)55-43(67)38(28(6)7)56-36(62)25-52-37(63)26-58(10)30(9)61/h27-29,31-35,38-39H,11-26H2,1-10H3,(H,50,65)(H,52,63)(H,53,66)(H,54,68)(H,55,67)(H,56,62)(H,57,64)(H4,48,49,51)/t29-,31-,32-,33+,34-,35-,38-,39-/m0/s1. The van der Waals surface area contributed by atoms with Crippen LogP contribution >= 0.6 is 0 Å². The summed E-state index contributed by atoms with van der Waals surface area (Å²) in [5, 5.41) is 19.1. The van der Waals surface area contributed by atoms with Gasteiger partial charge in [0.25, 0.3) is 0 Å². The largest absolute Gasteiger partial charge is 0.370 e. The number of guanidine groups is 1. The van der Waals surface area contributed by atoms with E-state index in [1.54, 1.807) is 27.7 Å². The Labute approximate surface area is 413 Å². The molecule has 0 aromatic heterocycles. The van der Waals surface area contributed by atoms with Gasteiger partial charge in [-0.3, -0.25) is 52.9 Å². The van der Waals surface area contributed by atoms with E-state index in [-0.39, 0.29) is 69.0 Å². The van der Waals surface area contributed by atoms with Gasteiger partial charge in [-0.1, -0.05) is 61.3 Å². The summed E-state index contributed by atoms with van der Waals surface area (Å²) in [5.41, 5.74) is 11.0. The summed E-state index contributed by atoms with van der Waals surface area (Å²) in [7, 11) is 1.44. The number of likely N-dealkylation sites (N-methyl/N-ethyl adjacent to an activating group) is 2. The zero-order valence-corrected chi connectivity index (χ0v) is 43.1. The Morgan fingerprint density at radius 1 is 0.671 bits per heavy atom. The van der Waals surface area contributed by atoms with Crippen molar-refractivity contribution in [1.29, 1.82) is 0 Å². The molecule has 0 spiro atoms. The Morgan fingerprint density at radius 2 is 1.24 bits per heavy atom. The van der Waals surface area contributed by atoms with Crippen LogP contribution in [0.2, 0.25) is 0 Å². The number of rotatable bonds is 28. The van der Waals surface area contributed by atoms with Crippen molar-refractivity contribution < 1.29 is 47.9 Å². The van der Waals surface area contributed by atoms with Gasteiger partial charge < -0.3 is 63.4 Å². The Morgan fingerprint density at radius 3 is 1.77 bits per heavy atom. The fraction of sp³-hybridized carbons (Fsp3) is 0.766. The van der Waals surface area contributed by atoms with Gasteiger partial charge in [-0.25, -0.2) is 0 Å². The Balaban J connectivity index is 2.27. The first-order valence-electron chi connectivity index (χ1n) is 24.9. The van der Waals surface area contributed by atoms with Gasteiger partial charge in [-0.15, -0.1) is 0 Å². The van der Waals surface area contributed by atoms with E-state index in [0.29, 0.717) is 51.6 Å². The molecule has 2 heterocycles. The predicted molar refractivity (Wildman–Crippen MR) is 263 cm³/mol. The highest BCUT2D eigenvalue weighted by Crippen LogP contribution is 2.23. The average molecular weight is 990 g/mol. The first-order valence-corrected chi connectivity index (χ1v) is 24.9. The Kier molecular flexibility index (Phi) is 25.6. The smallest absolute Gasteiger partial charge is 0.245 e. The quantitative estimate of drug-likeness (QED) is 0.0252. The normalized spacial score (nSPS) is 18.1. The molecule has 0 aromatic carbocycles. The van der Waals surface area contributed by atoms with Crippen molar-refractivity contribution in [3.63, 3.8) is 0 Å². The topological polar surface area (TPSA) is 329 Å². The average Bonchev–Trinajstić information content (AvgIpc) is 4.00. The summed E-state index contributed by atoms with van der Waals surface area (Å²) in [5.74, 6) is -6.29. The van der Waals surface area contributed by atoms with Crippen LogP contribution in [0.15, 0.2) is 4.99 Å². The van der Waals surface area contributed by atoms with Gasteiger partial charge in [-0.2, -0.15) is 0 Å². The number of hydrogen-bond acceptors (Lipinski definition) is 11. The Bertz CT molecular complexity index is 1860. The molecule has 23 heteroatoms. The number of nitrogens with two attached hydrogens (primary N) is 2. The van der Waals surface area contributed by atoms with Crippen LogP contribution in [0.25, 0.3) is 0 Å². The van der Waals surface area contributed by atoms with Crippen LogP contribution in [0, 0.1) is 17.8 Å². The van der Waals surface area contributed by atoms with E-state index >= 15 is 0 Å². The van der Waals surface area contributed by atoms with Crippen molar-refractivity contribution in [2.24, 2.45) is 34.2 Å². The number of nitrogens with zero attached hydrogens (tertiary/aromatic N) is 4. The van der Waals surface area contributed by atoms with Gasteiger partial charge in [-0.05, 0) is 76.0 Å². The third kappa shape index (κ3) is 19.0. The minimum atomic E-state index is -1.12. The summed E-state index contributed by atoms with van der Waals surface area (Å²) in [6.07, 6.45) is 3.65. The number of nitrogens with one attached hydrogen (secondary N) is 7. The molecule has 0 aromatic rings. The molecule has 0 saturated carbocycles. The highest BCUT2D eigenvalue weighted by atomic mass is 16.2. The Hall–Kier alpha value is -6.03. The molecule has 0 bridgehead atoms. The predicted octanol–water partition coefficient (Wildman–Crippen LogP) is -1.28. The number of carbonyl (C=O) groups is 10. The highest BCUT2D eigenvalue weighted by molar-refractivity contribution is 5.98. The molecule has 0 radical (unpaired) electrons. The van der Waals surface area contributed by atoms with Gasteiger partial charge in [0.15, 0.2) is 5.96 Å². The number of amides is 10. The summed E-state index contributed by atoms with van der Waals surface area (Å²) in [4.78, 5) is 142. The summed E-state index contributed by atoms with van der Waals surface area (Å²) in [6, 6.07) is -7.13. The third-order valence-corrected chi connectivity index (χ3v) is 12.5. The lowest BCUT2D eigenvalue weighted by atomic mass is 9.96. The van der Waals surface area contributed by atoms with E-state index in [1.807, 2.05) is 27.7 Å². The first kappa shape index (κ1) is 60.1. The molecule has 2 saturated heterocycles. The zero-order chi connectivity index (χ0) is 52.8. The highest BCUT2D eigenvalue weighted by Gasteiger charge is 2.42. The van der Waals surface area contributed by atoms with Crippen molar-refractivity contribution >= 4 is 65.0 Å². The van der Waals surface area contributed by atoms with Gasteiger partial charge >= 0.3 is 0 Å². The van der Waals surface area contributed by atoms with Crippen LogP contribution in [0.5, 0.6) is 0 Å². The lowest BCUT2D eigenvalue weighted by Crippen LogP contribution is -2.61. The van der Waals surface area contributed by atoms with Gasteiger partial charge in [0.05, 0.1) is 13.1 Å². The third-order valence-electron chi connectivity index (χ3n) is 12.5. The molecule has 2 aliphatic heterocycles. The maximum absolute atomic E-state index is 14.3. The van der Waals surface area contributed by atoms with Crippen molar-refractivity contribution in [3.05, 3.63) is 0 Å². The molecular formula is C47H83N13O10. The van der Waals surface area contributed by atoms with Crippen molar-refractivity contribution in [1.82, 2.24) is 51.9 Å². The first-order chi connectivity index (χ1) is 33.0. The van der Waals surface area contributed by atoms with Crippen molar-refractivity contribution in [2.45, 2.75) is 169 Å². The van der Waals surface area contributed by atoms with Crippen LogP contribution in [-0.4, -0.2) is 168 Å². The van der Waals surface area contributed by atoms with E-state index in [2.05, 4.69) is 42.2 Å². The minimum absolute atomic E-state index is 0.0737. The monoisotopic (exact) mass is 990 g/mol. The van der Waals surface area contributed by atoms with Crippen molar-refractivity contribution in [2.75, 3.05) is 46.3 Å². The maximum atomic E-state index is 14.3. The summed E-state index contributed by atoms with van der Waals surface area (Å²) >= 11 is 0. The molecule has 2 aliphatic rings. The number of likely N-dealkylation sites (tertiary alicyclic amines) is 2. The van der Waals surface area contributed by atoms with Gasteiger partial charge in [0.2, 0.25) is 59.1 Å². The molecule has 70 heavy (non-hydrogen) atoms. The van der Waals surface area contributed by atoms with Crippen molar-refractivity contribution in [3.8, 4) is 0 Å². The van der Waals surface area contributed by atoms with E-state index in [1.165, 1.54) is 28.7 Å².